The Morgan fingerprint density at radius 2 is 2.18 bits per heavy atom. The van der Waals surface area contributed by atoms with Gasteiger partial charge in [-0.25, -0.2) is 10.5 Å². The fourth-order valence-electron chi connectivity index (χ4n) is 0.907. The molecular formula is C9H9F3N2O3. The van der Waals surface area contributed by atoms with Gasteiger partial charge in [0.15, 0.2) is 6.61 Å². The van der Waals surface area contributed by atoms with E-state index in [4.69, 9.17) is 0 Å². The number of aromatic nitrogens is 1. The van der Waals surface area contributed by atoms with Crippen LogP contribution in [0, 0.1) is 0 Å². The summed E-state index contributed by atoms with van der Waals surface area (Å²) in [5, 5.41) is 0. The predicted molar refractivity (Wildman–Crippen MR) is 50.3 cm³/mol. The van der Waals surface area contributed by atoms with Gasteiger partial charge in [-0.2, -0.15) is 13.2 Å². The summed E-state index contributed by atoms with van der Waals surface area (Å²) in [4.78, 5) is 19.1. The Kier molecular flexibility index (Phi) is 4.27. The molecule has 0 bridgehead atoms. The van der Waals surface area contributed by atoms with E-state index in [-0.39, 0.29) is 11.4 Å². The number of rotatable bonds is 4. The Labute approximate surface area is 94.5 Å². The van der Waals surface area contributed by atoms with Gasteiger partial charge in [-0.15, -0.1) is 0 Å². The summed E-state index contributed by atoms with van der Waals surface area (Å²) in [6.45, 7) is -1.43. The van der Waals surface area contributed by atoms with Gasteiger partial charge >= 0.3 is 6.18 Å². The molecular weight excluding hydrogens is 241 g/mol. The van der Waals surface area contributed by atoms with Gasteiger partial charge in [0.25, 0.3) is 5.91 Å². The number of pyridine rings is 1. The smallest absolute Gasteiger partial charge is 0.422 e. The van der Waals surface area contributed by atoms with Crippen molar-refractivity contribution in [2.75, 3.05) is 13.7 Å². The molecule has 1 aromatic rings. The minimum Gasteiger partial charge on any atom is -0.468 e. The fourth-order valence-corrected chi connectivity index (χ4v) is 0.907. The predicted octanol–water partition coefficient (Wildman–Crippen LogP) is 1.31. The summed E-state index contributed by atoms with van der Waals surface area (Å²) in [7, 11) is 1.26. The molecule has 0 aliphatic rings. The summed E-state index contributed by atoms with van der Waals surface area (Å²) >= 11 is 0. The van der Waals surface area contributed by atoms with Crippen molar-refractivity contribution in [1.82, 2.24) is 10.5 Å². The number of nitrogens with one attached hydrogen (secondary N) is 1. The van der Waals surface area contributed by atoms with Crippen molar-refractivity contribution in [3.63, 3.8) is 0 Å². The highest BCUT2D eigenvalue weighted by molar-refractivity contribution is 5.93. The van der Waals surface area contributed by atoms with Gasteiger partial charge in [-0.3, -0.25) is 9.63 Å². The van der Waals surface area contributed by atoms with Gasteiger partial charge in [0.05, 0.1) is 12.7 Å². The van der Waals surface area contributed by atoms with Gasteiger partial charge < -0.3 is 4.74 Å². The lowest BCUT2D eigenvalue weighted by molar-refractivity contribution is -0.154. The number of nitrogens with zero attached hydrogens (tertiary/aromatic N) is 1. The highest BCUT2D eigenvalue weighted by Gasteiger charge is 2.28. The standard InChI is InChI=1S/C9H9F3N2O3/c1-16-14-8(15)6-2-3-7(13-4-6)17-5-9(10,11)12/h2-4H,5H2,1H3,(H,14,15). The van der Waals surface area contributed by atoms with Crippen LogP contribution in [0.25, 0.3) is 0 Å². The molecule has 1 amide bonds. The zero-order valence-corrected chi connectivity index (χ0v) is 8.75. The zero-order chi connectivity index (χ0) is 12.9. The lowest BCUT2D eigenvalue weighted by atomic mass is 10.3. The van der Waals surface area contributed by atoms with Gasteiger partial charge in [-0.1, -0.05) is 0 Å². The van der Waals surface area contributed by atoms with Crippen LogP contribution in [-0.4, -0.2) is 30.8 Å². The molecule has 17 heavy (non-hydrogen) atoms. The van der Waals surface area contributed by atoms with Crippen LogP contribution in [0.4, 0.5) is 13.2 Å². The van der Waals surface area contributed by atoms with Crippen LogP contribution >= 0.6 is 0 Å². The third kappa shape index (κ3) is 4.68. The quantitative estimate of drug-likeness (QED) is 0.818. The first-order chi connectivity index (χ1) is 7.92. The molecule has 1 rings (SSSR count). The topological polar surface area (TPSA) is 60.5 Å². The molecule has 0 aromatic carbocycles. The minimum absolute atomic E-state index is 0.145. The molecule has 0 saturated heterocycles. The molecule has 1 heterocycles. The summed E-state index contributed by atoms with van der Waals surface area (Å²) in [5.74, 6) is -0.765. The van der Waals surface area contributed by atoms with Crippen LogP contribution in [0.1, 0.15) is 10.4 Å². The van der Waals surface area contributed by atoms with Crippen molar-refractivity contribution < 1.29 is 27.5 Å². The van der Waals surface area contributed by atoms with Gasteiger partial charge in [-0.05, 0) is 6.07 Å². The molecule has 0 fully saturated rings. The molecule has 94 valence electrons. The van der Waals surface area contributed by atoms with Gasteiger partial charge in [0.2, 0.25) is 5.88 Å². The number of halogens is 3. The molecule has 1 N–H and O–H groups in total. The van der Waals surface area contributed by atoms with E-state index in [2.05, 4.69) is 14.6 Å². The van der Waals surface area contributed by atoms with Crippen molar-refractivity contribution >= 4 is 5.91 Å². The Hall–Kier alpha value is -1.83. The monoisotopic (exact) mass is 250 g/mol. The second-order valence-corrected chi connectivity index (χ2v) is 2.92. The number of alkyl halides is 3. The summed E-state index contributed by atoms with van der Waals surface area (Å²) in [5.41, 5.74) is 2.18. The number of carbonyl (C=O) groups is 1. The maximum Gasteiger partial charge on any atom is 0.422 e. The molecule has 0 saturated carbocycles. The van der Waals surface area contributed by atoms with Gasteiger partial charge in [0.1, 0.15) is 0 Å². The zero-order valence-electron chi connectivity index (χ0n) is 8.75. The number of hydrogen-bond donors (Lipinski definition) is 1. The molecule has 0 radical (unpaired) electrons. The van der Waals surface area contributed by atoms with Crippen molar-refractivity contribution in [3.8, 4) is 5.88 Å². The maximum atomic E-state index is 11.8. The van der Waals surface area contributed by atoms with E-state index < -0.39 is 18.7 Å². The minimum atomic E-state index is -4.42. The largest absolute Gasteiger partial charge is 0.468 e. The number of hydroxylamine groups is 1. The van der Waals surface area contributed by atoms with E-state index in [1.165, 1.54) is 13.2 Å². The third-order valence-corrected chi connectivity index (χ3v) is 1.58. The first kappa shape index (κ1) is 13.2. The molecule has 8 heteroatoms. The first-order valence-corrected chi connectivity index (χ1v) is 4.41. The number of amides is 1. The normalized spacial score (nSPS) is 11.1. The summed E-state index contributed by atoms with van der Waals surface area (Å²) in [6, 6.07) is 2.43. The van der Waals surface area contributed by atoms with Crippen molar-refractivity contribution in [1.29, 1.82) is 0 Å². The Bertz CT molecular complexity index is 378. The molecule has 0 atom stereocenters. The SMILES string of the molecule is CONC(=O)c1ccc(OCC(F)(F)F)nc1. The van der Waals surface area contributed by atoms with E-state index in [9.17, 15) is 18.0 Å². The fraction of sp³-hybridized carbons (Fsp3) is 0.333. The first-order valence-electron chi connectivity index (χ1n) is 4.41. The van der Waals surface area contributed by atoms with Crippen molar-refractivity contribution in [2.24, 2.45) is 0 Å². The molecule has 1 aromatic heterocycles. The van der Waals surface area contributed by atoms with E-state index in [1.54, 1.807) is 0 Å². The van der Waals surface area contributed by atoms with Crippen LogP contribution < -0.4 is 10.2 Å². The van der Waals surface area contributed by atoms with E-state index in [0.29, 0.717) is 0 Å². The van der Waals surface area contributed by atoms with Crippen LogP contribution in [-0.2, 0) is 4.84 Å². The van der Waals surface area contributed by atoms with Crippen molar-refractivity contribution in [3.05, 3.63) is 23.9 Å². The van der Waals surface area contributed by atoms with Gasteiger partial charge in [0, 0.05) is 12.3 Å². The van der Waals surface area contributed by atoms with Crippen LogP contribution in [0.3, 0.4) is 0 Å². The summed E-state index contributed by atoms with van der Waals surface area (Å²) < 4.78 is 39.8. The van der Waals surface area contributed by atoms with Crippen LogP contribution in [0.2, 0.25) is 0 Å². The Morgan fingerprint density at radius 1 is 1.47 bits per heavy atom. The number of carbonyl (C=O) groups excluding carboxylic acids is 1. The summed E-state index contributed by atoms with van der Waals surface area (Å²) in [6.07, 6.45) is -3.34. The Balaban J connectivity index is 2.59. The molecule has 0 unspecified atom stereocenters. The second kappa shape index (κ2) is 5.48. The van der Waals surface area contributed by atoms with E-state index >= 15 is 0 Å². The highest BCUT2D eigenvalue weighted by Crippen LogP contribution is 2.16. The van der Waals surface area contributed by atoms with Crippen molar-refractivity contribution in [2.45, 2.75) is 6.18 Å². The van der Waals surface area contributed by atoms with Crippen LogP contribution in [0.15, 0.2) is 18.3 Å². The molecule has 0 aliphatic heterocycles. The molecule has 0 spiro atoms. The third-order valence-electron chi connectivity index (χ3n) is 1.58. The second-order valence-electron chi connectivity index (χ2n) is 2.92. The molecule has 5 nitrogen and oxygen atoms in total. The van der Waals surface area contributed by atoms with E-state index in [1.807, 2.05) is 5.48 Å². The maximum absolute atomic E-state index is 11.8. The number of ether oxygens (including phenoxy) is 1. The lowest BCUT2D eigenvalue weighted by Crippen LogP contribution is -2.22. The lowest BCUT2D eigenvalue weighted by Gasteiger charge is -2.08. The highest BCUT2D eigenvalue weighted by atomic mass is 19.4. The number of hydrogen-bond acceptors (Lipinski definition) is 4. The van der Waals surface area contributed by atoms with Crippen LogP contribution in [0.5, 0.6) is 5.88 Å². The average molecular weight is 250 g/mol. The van der Waals surface area contributed by atoms with E-state index in [0.717, 1.165) is 12.3 Å². The Morgan fingerprint density at radius 3 is 2.65 bits per heavy atom. The average Bonchev–Trinajstić information content (AvgIpc) is 2.26. The molecule has 0 aliphatic carbocycles.